The van der Waals surface area contributed by atoms with E-state index in [0.29, 0.717) is 0 Å². The number of amides is 1. The molecule has 0 fully saturated rings. The second-order valence-electron chi connectivity index (χ2n) is 7.06. The van der Waals surface area contributed by atoms with Gasteiger partial charge in [-0.25, -0.2) is 32.5 Å². The third-order valence-electron chi connectivity index (χ3n) is 4.64. The Morgan fingerprint density at radius 1 is 1.29 bits per heavy atom. The Morgan fingerprint density at radius 3 is 2.62 bits per heavy atom. The molecule has 2 aromatic rings. The molecule has 1 aliphatic rings. The quantitative estimate of drug-likeness (QED) is 0.570. The zero-order valence-corrected chi connectivity index (χ0v) is 17.0. The number of nitrogens with one attached hydrogen (secondary N) is 1. The molecular weight excluding hydrogens is 479 g/mol. The fraction of sp³-hybridized carbons (Fsp3) is 0.368. The number of hydrogen-bond acceptors (Lipinski definition) is 7. The second-order valence-corrected chi connectivity index (χ2v) is 7.06. The molecule has 15 heteroatoms. The van der Waals surface area contributed by atoms with Crippen molar-refractivity contribution >= 4 is 17.6 Å². The van der Waals surface area contributed by atoms with Gasteiger partial charge in [0.25, 0.3) is 18.4 Å². The lowest BCUT2D eigenvalue weighted by Crippen LogP contribution is -2.48. The van der Waals surface area contributed by atoms with E-state index in [1.54, 1.807) is 0 Å². The van der Waals surface area contributed by atoms with Crippen molar-refractivity contribution in [1.29, 1.82) is 0 Å². The van der Waals surface area contributed by atoms with Gasteiger partial charge in [0.2, 0.25) is 5.88 Å². The predicted octanol–water partition coefficient (Wildman–Crippen LogP) is 3.34. The van der Waals surface area contributed by atoms with Crippen molar-refractivity contribution in [1.82, 2.24) is 9.97 Å². The first-order valence-electron chi connectivity index (χ1n) is 9.42. The number of rotatable bonds is 7. The highest BCUT2D eigenvalue weighted by atomic mass is 19.4. The standard InChI is InChI=1S/C19H16F7N5O3/c20-8-18(4-13(19(24,25)26)34-17(27)31-18)10-3-9(1-2-11(10)21)30-16(32)12-5-29-15(6-28-12)33-7-14(22)23/h1-3,5-6,13-14H,4,7-8H2,(H2,27,31)(H,30,32)/t13-,18+/m0/s1. The molecule has 0 saturated carbocycles. The highest BCUT2D eigenvalue weighted by Gasteiger charge is 2.52. The molecule has 0 saturated heterocycles. The Kier molecular flexibility index (Phi) is 7.12. The van der Waals surface area contributed by atoms with Gasteiger partial charge in [0, 0.05) is 17.7 Å². The Hall–Kier alpha value is -3.65. The van der Waals surface area contributed by atoms with Crippen LogP contribution in [0.3, 0.4) is 0 Å². The molecule has 0 aliphatic carbocycles. The van der Waals surface area contributed by atoms with Gasteiger partial charge in [0.05, 0.1) is 12.4 Å². The Bertz CT molecular complexity index is 1070. The zero-order valence-electron chi connectivity index (χ0n) is 17.0. The molecule has 1 aromatic carbocycles. The average Bonchev–Trinajstić information content (AvgIpc) is 2.78. The largest absolute Gasteiger partial charge is 0.470 e. The molecule has 3 rings (SSSR count). The highest BCUT2D eigenvalue weighted by molar-refractivity contribution is 6.02. The number of hydrogen-bond donors (Lipinski definition) is 2. The summed E-state index contributed by atoms with van der Waals surface area (Å²) in [5, 5.41) is 2.30. The molecule has 8 nitrogen and oxygen atoms in total. The smallest absolute Gasteiger partial charge is 0.425 e. The SMILES string of the molecule is NC1=N[C@](CF)(c2cc(NC(=O)c3cnc(OCC(F)F)cn3)ccc2F)C[C@@H](C(F)(F)F)O1. The van der Waals surface area contributed by atoms with Crippen LogP contribution in [0.2, 0.25) is 0 Å². The zero-order chi connectivity index (χ0) is 25.1. The van der Waals surface area contributed by atoms with Crippen molar-refractivity contribution in [2.45, 2.75) is 30.7 Å². The first kappa shape index (κ1) is 25.0. The maximum atomic E-state index is 14.6. The van der Waals surface area contributed by atoms with Crippen LogP contribution in [-0.2, 0) is 10.3 Å². The monoisotopic (exact) mass is 495 g/mol. The maximum absolute atomic E-state index is 14.6. The highest BCUT2D eigenvalue weighted by Crippen LogP contribution is 2.42. The molecule has 1 aliphatic heterocycles. The van der Waals surface area contributed by atoms with Crippen LogP contribution in [0.15, 0.2) is 35.6 Å². The van der Waals surface area contributed by atoms with E-state index in [9.17, 15) is 35.5 Å². The number of aromatic nitrogens is 2. The lowest BCUT2D eigenvalue weighted by atomic mass is 9.84. The number of halogens is 7. The van der Waals surface area contributed by atoms with Gasteiger partial charge in [-0.05, 0) is 18.2 Å². The van der Waals surface area contributed by atoms with Gasteiger partial charge >= 0.3 is 6.18 Å². The van der Waals surface area contributed by atoms with E-state index in [2.05, 4.69) is 29.8 Å². The molecule has 1 amide bonds. The van der Waals surface area contributed by atoms with Crippen LogP contribution in [0.4, 0.5) is 36.4 Å². The summed E-state index contributed by atoms with van der Waals surface area (Å²) >= 11 is 0. The van der Waals surface area contributed by atoms with E-state index in [0.717, 1.165) is 30.6 Å². The number of anilines is 1. The average molecular weight is 495 g/mol. The molecular formula is C19H16F7N5O3. The molecule has 34 heavy (non-hydrogen) atoms. The van der Waals surface area contributed by atoms with Crippen LogP contribution < -0.4 is 15.8 Å². The number of nitrogens with zero attached hydrogens (tertiary/aromatic N) is 3. The lowest BCUT2D eigenvalue weighted by molar-refractivity contribution is -0.209. The number of aliphatic imine (C=N–C) groups is 1. The van der Waals surface area contributed by atoms with Crippen molar-refractivity contribution in [3.05, 3.63) is 47.7 Å². The summed E-state index contributed by atoms with van der Waals surface area (Å²) in [6.07, 6.45) is -9.45. The number of nitrogens with two attached hydrogens (primary N) is 1. The summed E-state index contributed by atoms with van der Waals surface area (Å²) in [4.78, 5) is 23.3. The van der Waals surface area contributed by atoms with E-state index >= 15 is 0 Å². The van der Waals surface area contributed by atoms with Crippen LogP contribution in [0, 0.1) is 5.82 Å². The third kappa shape index (κ3) is 5.63. The predicted molar refractivity (Wildman–Crippen MR) is 103 cm³/mol. The summed E-state index contributed by atoms with van der Waals surface area (Å²) in [6, 6.07) is 1.82. The first-order valence-corrected chi connectivity index (χ1v) is 9.42. The molecule has 2 heterocycles. The molecule has 0 unspecified atom stereocenters. The Morgan fingerprint density at radius 2 is 2.03 bits per heavy atom. The van der Waals surface area contributed by atoms with Gasteiger partial charge in [-0.1, -0.05) is 0 Å². The van der Waals surface area contributed by atoms with Crippen molar-refractivity contribution < 1.29 is 45.0 Å². The van der Waals surface area contributed by atoms with E-state index < -0.39 is 67.3 Å². The van der Waals surface area contributed by atoms with Crippen LogP contribution in [0.5, 0.6) is 5.88 Å². The number of alkyl halides is 6. The molecule has 3 N–H and O–H groups in total. The van der Waals surface area contributed by atoms with E-state index in [1.807, 2.05) is 0 Å². The normalized spacial score (nSPS) is 20.5. The van der Waals surface area contributed by atoms with Crippen molar-refractivity contribution in [2.24, 2.45) is 10.7 Å². The maximum Gasteiger partial charge on any atom is 0.425 e. The fourth-order valence-corrected chi connectivity index (χ4v) is 3.10. The molecule has 1 aromatic heterocycles. The minimum Gasteiger partial charge on any atom is -0.470 e. The number of carbonyl (C=O) groups is 1. The molecule has 2 atom stereocenters. The van der Waals surface area contributed by atoms with Gasteiger partial charge in [-0.15, -0.1) is 0 Å². The van der Waals surface area contributed by atoms with Crippen molar-refractivity contribution in [3.8, 4) is 5.88 Å². The van der Waals surface area contributed by atoms with Crippen LogP contribution in [0.25, 0.3) is 0 Å². The van der Waals surface area contributed by atoms with E-state index in [-0.39, 0.29) is 17.3 Å². The summed E-state index contributed by atoms with van der Waals surface area (Å²) < 4.78 is 102. The number of benzene rings is 1. The van der Waals surface area contributed by atoms with Crippen LogP contribution >= 0.6 is 0 Å². The fourth-order valence-electron chi connectivity index (χ4n) is 3.10. The number of amidine groups is 1. The lowest BCUT2D eigenvalue weighted by Gasteiger charge is -2.36. The Balaban J connectivity index is 1.84. The van der Waals surface area contributed by atoms with Gasteiger partial charge in [0.15, 0.2) is 12.7 Å². The van der Waals surface area contributed by atoms with Crippen LogP contribution in [-0.4, -0.2) is 53.9 Å². The Labute approximate surface area is 187 Å². The molecule has 0 spiro atoms. The van der Waals surface area contributed by atoms with Crippen molar-refractivity contribution in [3.63, 3.8) is 0 Å². The second kappa shape index (κ2) is 9.69. The molecule has 0 bridgehead atoms. The van der Waals surface area contributed by atoms with Crippen molar-refractivity contribution in [2.75, 3.05) is 18.6 Å². The van der Waals surface area contributed by atoms with Gasteiger partial charge < -0.3 is 20.5 Å². The number of ether oxygens (including phenoxy) is 2. The van der Waals surface area contributed by atoms with E-state index in [1.165, 1.54) is 0 Å². The topological polar surface area (TPSA) is 112 Å². The molecule has 184 valence electrons. The summed E-state index contributed by atoms with van der Waals surface area (Å²) in [5.74, 6) is -2.24. The first-order chi connectivity index (χ1) is 15.9. The van der Waals surface area contributed by atoms with E-state index in [4.69, 9.17) is 5.73 Å². The minimum absolute atomic E-state index is 0.127. The third-order valence-corrected chi connectivity index (χ3v) is 4.64. The van der Waals surface area contributed by atoms with Crippen LogP contribution in [0.1, 0.15) is 22.5 Å². The summed E-state index contributed by atoms with van der Waals surface area (Å²) in [5.41, 5.74) is 1.95. The summed E-state index contributed by atoms with van der Waals surface area (Å²) in [7, 11) is 0. The van der Waals surface area contributed by atoms with Gasteiger partial charge in [-0.3, -0.25) is 4.79 Å². The van der Waals surface area contributed by atoms with Gasteiger partial charge in [-0.2, -0.15) is 13.2 Å². The number of carbonyl (C=O) groups excluding carboxylic acids is 1. The minimum atomic E-state index is -4.92. The molecule has 0 radical (unpaired) electrons. The van der Waals surface area contributed by atoms with Gasteiger partial charge in [0.1, 0.15) is 23.7 Å². The summed E-state index contributed by atoms with van der Waals surface area (Å²) in [6.45, 7) is -2.47.